The molecule has 0 spiro atoms. The van der Waals surface area contributed by atoms with E-state index < -0.39 is 12.0 Å². The standard InChI is InChI=1S/C15H18N2O3/c1-9-4-3-5-12-11(8-16-14(9)12)6-7-13(18)17-10(2)15(19)20/h3-5,8,10,16H,6-7H2,1-2H3,(H,17,18)(H,19,20)/t10-/m1/s1. The lowest BCUT2D eigenvalue weighted by molar-refractivity contribution is -0.141. The maximum Gasteiger partial charge on any atom is 0.325 e. The van der Waals surface area contributed by atoms with Crippen LogP contribution in [0.4, 0.5) is 0 Å². The first-order valence-corrected chi connectivity index (χ1v) is 6.57. The monoisotopic (exact) mass is 274 g/mol. The fraction of sp³-hybridized carbons (Fsp3) is 0.333. The molecule has 106 valence electrons. The molecule has 0 fully saturated rings. The Morgan fingerprint density at radius 1 is 1.40 bits per heavy atom. The van der Waals surface area contributed by atoms with E-state index in [1.54, 1.807) is 0 Å². The maximum atomic E-state index is 11.7. The second-order valence-corrected chi connectivity index (χ2v) is 4.94. The number of aromatic nitrogens is 1. The van der Waals surface area contributed by atoms with Crippen LogP contribution < -0.4 is 5.32 Å². The van der Waals surface area contributed by atoms with Gasteiger partial charge in [-0.3, -0.25) is 9.59 Å². The Balaban J connectivity index is 2.01. The van der Waals surface area contributed by atoms with Crippen molar-refractivity contribution in [2.45, 2.75) is 32.7 Å². The van der Waals surface area contributed by atoms with Crippen LogP contribution in [-0.2, 0) is 16.0 Å². The van der Waals surface area contributed by atoms with Crippen LogP contribution >= 0.6 is 0 Å². The topological polar surface area (TPSA) is 82.2 Å². The van der Waals surface area contributed by atoms with Crippen LogP contribution in [0.15, 0.2) is 24.4 Å². The van der Waals surface area contributed by atoms with E-state index >= 15 is 0 Å². The van der Waals surface area contributed by atoms with Gasteiger partial charge in [-0.25, -0.2) is 0 Å². The summed E-state index contributed by atoms with van der Waals surface area (Å²) in [5.41, 5.74) is 3.32. The van der Waals surface area contributed by atoms with Crippen molar-refractivity contribution >= 4 is 22.8 Å². The van der Waals surface area contributed by atoms with Gasteiger partial charge < -0.3 is 15.4 Å². The number of carbonyl (C=O) groups is 2. The molecule has 2 rings (SSSR count). The number of para-hydroxylation sites is 1. The molecule has 0 saturated carbocycles. The molecule has 1 heterocycles. The summed E-state index contributed by atoms with van der Waals surface area (Å²) in [4.78, 5) is 25.5. The molecule has 20 heavy (non-hydrogen) atoms. The number of rotatable bonds is 5. The highest BCUT2D eigenvalue weighted by molar-refractivity contribution is 5.87. The summed E-state index contributed by atoms with van der Waals surface area (Å²) in [7, 11) is 0. The molecule has 1 amide bonds. The Morgan fingerprint density at radius 3 is 2.85 bits per heavy atom. The summed E-state index contributed by atoms with van der Waals surface area (Å²) in [5, 5.41) is 12.3. The van der Waals surface area contributed by atoms with Gasteiger partial charge >= 0.3 is 5.97 Å². The van der Waals surface area contributed by atoms with Gasteiger partial charge in [-0.15, -0.1) is 0 Å². The van der Waals surface area contributed by atoms with Gasteiger partial charge in [-0.05, 0) is 31.4 Å². The summed E-state index contributed by atoms with van der Waals surface area (Å²) >= 11 is 0. The Labute approximate surface area is 117 Å². The second kappa shape index (κ2) is 5.77. The van der Waals surface area contributed by atoms with Crippen LogP contribution in [0.5, 0.6) is 0 Å². The molecule has 5 heteroatoms. The average molecular weight is 274 g/mol. The lowest BCUT2D eigenvalue weighted by atomic mass is 10.1. The molecule has 1 atom stereocenters. The Bertz CT molecular complexity index is 646. The smallest absolute Gasteiger partial charge is 0.325 e. The molecule has 1 aromatic carbocycles. The van der Waals surface area contributed by atoms with Gasteiger partial charge in [0.25, 0.3) is 0 Å². The number of carbonyl (C=O) groups excluding carboxylic acids is 1. The molecule has 0 bridgehead atoms. The fourth-order valence-corrected chi connectivity index (χ4v) is 2.19. The van der Waals surface area contributed by atoms with Gasteiger partial charge in [0.05, 0.1) is 0 Å². The van der Waals surface area contributed by atoms with Crippen LogP contribution in [0.25, 0.3) is 10.9 Å². The molecule has 1 aromatic heterocycles. The molecule has 2 aromatic rings. The molecule has 0 saturated heterocycles. The first-order chi connectivity index (χ1) is 9.49. The molecule has 0 unspecified atom stereocenters. The Hall–Kier alpha value is -2.30. The van der Waals surface area contributed by atoms with Crippen LogP contribution in [0, 0.1) is 6.92 Å². The van der Waals surface area contributed by atoms with Crippen LogP contribution in [0.2, 0.25) is 0 Å². The van der Waals surface area contributed by atoms with Crippen molar-refractivity contribution in [1.29, 1.82) is 0 Å². The van der Waals surface area contributed by atoms with Gasteiger partial charge in [0, 0.05) is 23.5 Å². The zero-order valence-electron chi connectivity index (χ0n) is 11.6. The number of carboxylic acid groups (broad SMARTS) is 1. The highest BCUT2D eigenvalue weighted by Gasteiger charge is 2.14. The van der Waals surface area contributed by atoms with E-state index in [9.17, 15) is 9.59 Å². The SMILES string of the molecule is Cc1cccc2c(CCC(=O)N[C@H](C)C(=O)O)c[nH]c12. The number of hydrogen-bond acceptors (Lipinski definition) is 2. The molecule has 0 radical (unpaired) electrons. The number of aromatic amines is 1. The van der Waals surface area contributed by atoms with E-state index in [2.05, 4.69) is 10.3 Å². The number of aryl methyl sites for hydroxylation is 2. The van der Waals surface area contributed by atoms with E-state index in [4.69, 9.17) is 5.11 Å². The fourth-order valence-electron chi connectivity index (χ4n) is 2.19. The van der Waals surface area contributed by atoms with Crippen LogP contribution in [0.1, 0.15) is 24.5 Å². The van der Waals surface area contributed by atoms with Crippen molar-refractivity contribution in [3.63, 3.8) is 0 Å². The number of aliphatic carboxylic acids is 1. The van der Waals surface area contributed by atoms with Crippen molar-refractivity contribution in [2.24, 2.45) is 0 Å². The number of carboxylic acids is 1. The normalized spacial score (nSPS) is 12.3. The molecular formula is C15H18N2O3. The zero-order valence-corrected chi connectivity index (χ0v) is 11.6. The van der Waals surface area contributed by atoms with Crippen molar-refractivity contribution < 1.29 is 14.7 Å². The van der Waals surface area contributed by atoms with Crippen molar-refractivity contribution in [3.05, 3.63) is 35.5 Å². The molecule has 0 aliphatic carbocycles. The minimum atomic E-state index is -1.03. The minimum Gasteiger partial charge on any atom is -0.480 e. The maximum absolute atomic E-state index is 11.7. The van der Waals surface area contributed by atoms with E-state index in [-0.39, 0.29) is 12.3 Å². The molecule has 0 aliphatic heterocycles. The third-order valence-corrected chi connectivity index (χ3v) is 3.38. The number of hydrogen-bond donors (Lipinski definition) is 3. The first-order valence-electron chi connectivity index (χ1n) is 6.57. The van der Waals surface area contributed by atoms with Crippen LogP contribution in [-0.4, -0.2) is 28.0 Å². The lowest BCUT2D eigenvalue weighted by Gasteiger charge is -2.08. The van der Waals surface area contributed by atoms with Gasteiger partial charge in [0.1, 0.15) is 6.04 Å². The number of H-pyrrole nitrogens is 1. The molecule has 5 nitrogen and oxygen atoms in total. The Kier molecular flexibility index (Phi) is 4.08. The van der Waals surface area contributed by atoms with Crippen molar-refractivity contribution in [2.75, 3.05) is 0 Å². The molecule has 0 aliphatic rings. The summed E-state index contributed by atoms with van der Waals surface area (Å²) in [5.74, 6) is -1.28. The predicted molar refractivity (Wildman–Crippen MR) is 76.6 cm³/mol. The second-order valence-electron chi connectivity index (χ2n) is 4.94. The third-order valence-electron chi connectivity index (χ3n) is 3.38. The van der Waals surface area contributed by atoms with E-state index in [1.807, 2.05) is 31.3 Å². The first kappa shape index (κ1) is 14.1. The molecular weight excluding hydrogens is 256 g/mol. The van der Waals surface area contributed by atoms with Gasteiger partial charge in [-0.1, -0.05) is 18.2 Å². The number of fused-ring (bicyclic) bond motifs is 1. The number of nitrogens with one attached hydrogen (secondary N) is 2. The number of amides is 1. The zero-order chi connectivity index (χ0) is 14.7. The van der Waals surface area contributed by atoms with Crippen molar-refractivity contribution in [1.82, 2.24) is 10.3 Å². The Morgan fingerprint density at radius 2 is 2.15 bits per heavy atom. The lowest BCUT2D eigenvalue weighted by Crippen LogP contribution is -2.38. The van der Waals surface area contributed by atoms with Gasteiger partial charge in [0.15, 0.2) is 0 Å². The summed E-state index contributed by atoms with van der Waals surface area (Å²) in [6, 6.07) is 5.19. The van der Waals surface area contributed by atoms with E-state index in [1.165, 1.54) is 6.92 Å². The largest absolute Gasteiger partial charge is 0.480 e. The van der Waals surface area contributed by atoms with E-state index in [0.717, 1.165) is 22.0 Å². The summed E-state index contributed by atoms with van der Waals surface area (Å²) in [6.07, 6.45) is 2.77. The summed E-state index contributed by atoms with van der Waals surface area (Å²) in [6.45, 7) is 3.49. The third kappa shape index (κ3) is 2.99. The number of benzene rings is 1. The van der Waals surface area contributed by atoms with Crippen molar-refractivity contribution in [3.8, 4) is 0 Å². The molecule has 3 N–H and O–H groups in total. The minimum absolute atomic E-state index is 0.248. The summed E-state index contributed by atoms with van der Waals surface area (Å²) < 4.78 is 0. The quantitative estimate of drug-likeness (QED) is 0.780. The predicted octanol–water partition coefficient (Wildman–Crippen LogP) is 2.00. The highest BCUT2D eigenvalue weighted by Crippen LogP contribution is 2.22. The van der Waals surface area contributed by atoms with Gasteiger partial charge in [-0.2, -0.15) is 0 Å². The highest BCUT2D eigenvalue weighted by atomic mass is 16.4. The average Bonchev–Trinajstić information content (AvgIpc) is 2.81. The van der Waals surface area contributed by atoms with Gasteiger partial charge in [0.2, 0.25) is 5.91 Å². The van der Waals surface area contributed by atoms with E-state index in [0.29, 0.717) is 6.42 Å². The van der Waals surface area contributed by atoms with Crippen LogP contribution in [0.3, 0.4) is 0 Å².